The first-order chi connectivity index (χ1) is 12.1. The van der Waals surface area contributed by atoms with Crippen LogP contribution < -0.4 is 0 Å². The molecule has 0 unspecified atom stereocenters. The van der Waals surface area contributed by atoms with Gasteiger partial charge in [-0.3, -0.25) is 9.36 Å². The van der Waals surface area contributed by atoms with Gasteiger partial charge in [-0.05, 0) is 45.2 Å². The number of aromatic nitrogens is 3. The molecule has 1 aromatic heterocycles. The van der Waals surface area contributed by atoms with Gasteiger partial charge in [0, 0.05) is 11.6 Å². The van der Waals surface area contributed by atoms with Crippen LogP contribution in [0.4, 0.5) is 0 Å². The fraction of sp³-hybridized carbons (Fsp3) is 0.526. The van der Waals surface area contributed by atoms with E-state index in [4.69, 9.17) is 4.74 Å². The standard InChI is InChI=1S/C19H25N3O2S/c1-4-6-16(18(23)24-5-2)25-19-21-20-17(14-9-10-14)22(19)15-11-7-13(3)8-12-15/h7-8,11-12,14,16H,4-6,9-10H2,1-3H3/t16-/m1/s1. The molecule has 0 amide bonds. The minimum atomic E-state index is -0.245. The minimum Gasteiger partial charge on any atom is -0.465 e. The van der Waals surface area contributed by atoms with Gasteiger partial charge in [-0.15, -0.1) is 10.2 Å². The summed E-state index contributed by atoms with van der Waals surface area (Å²) in [5, 5.41) is 9.37. The smallest absolute Gasteiger partial charge is 0.319 e. The topological polar surface area (TPSA) is 57.0 Å². The predicted octanol–water partition coefficient (Wildman–Crippen LogP) is 4.28. The first kappa shape index (κ1) is 18.0. The molecule has 1 heterocycles. The fourth-order valence-corrected chi connectivity index (χ4v) is 3.91. The van der Waals surface area contributed by atoms with Crippen molar-refractivity contribution in [3.8, 4) is 5.69 Å². The Hall–Kier alpha value is -1.82. The van der Waals surface area contributed by atoms with Crippen molar-refractivity contribution in [2.75, 3.05) is 6.61 Å². The van der Waals surface area contributed by atoms with Crippen molar-refractivity contribution < 1.29 is 9.53 Å². The molecule has 0 saturated heterocycles. The number of ether oxygens (including phenoxy) is 1. The maximum atomic E-state index is 12.3. The first-order valence-corrected chi connectivity index (χ1v) is 9.87. The van der Waals surface area contributed by atoms with Crippen molar-refractivity contribution in [3.05, 3.63) is 35.7 Å². The molecule has 25 heavy (non-hydrogen) atoms. The van der Waals surface area contributed by atoms with Crippen LogP contribution in [-0.2, 0) is 9.53 Å². The Morgan fingerprint density at radius 1 is 1.28 bits per heavy atom. The van der Waals surface area contributed by atoms with Crippen LogP contribution in [-0.4, -0.2) is 32.6 Å². The lowest BCUT2D eigenvalue weighted by Crippen LogP contribution is -2.21. The van der Waals surface area contributed by atoms with E-state index in [2.05, 4.69) is 52.9 Å². The normalized spacial score (nSPS) is 15.2. The number of nitrogens with zero attached hydrogens (tertiary/aromatic N) is 3. The lowest BCUT2D eigenvalue weighted by molar-refractivity contribution is -0.142. The summed E-state index contributed by atoms with van der Waals surface area (Å²) in [6.45, 7) is 6.39. The molecule has 2 aromatic rings. The molecule has 1 saturated carbocycles. The Bertz CT molecular complexity index is 723. The van der Waals surface area contributed by atoms with Crippen LogP contribution in [0.15, 0.2) is 29.4 Å². The van der Waals surface area contributed by atoms with Crippen molar-refractivity contribution >= 4 is 17.7 Å². The van der Waals surface area contributed by atoms with Crippen LogP contribution in [0.25, 0.3) is 5.69 Å². The molecule has 5 nitrogen and oxygen atoms in total. The molecule has 0 bridgehead atoms. The van der Waals surface area contributed by atoms with Gasteiger partial charge in [0.05, 0.1) is 6.61 Å². The molecule has 1 aliphatic rings. The number of thioether (sulfide) groups is 1. The molecule has 134 valence electrons. The van der Waals surface area contributed by atoms with Crippen molar-refractivity contribution in [3.63, 3.8) is 0 Å². The zero-order chi connectivity index (χ0) is 17.8. The average Bonchev–Trinajstić information content (AvgIpc) is 3.36. The molecule has 0 aliphatic heterocycles. The Labute approximate surface area is 153 Å². The van der Waals surface area contributed by atoms with Crippen molar-refractivity contribution in [1.82, 2.24) is 14.8 Å². The van der Waals surface area contributed by atoms with E-state index in [0.717, 1.165) is 42.4 Å². The summed E-state index contributed by atoms with van der Waals surface area (Å²) in [6, 6.07) is 8.37. The second kappa shape index (κ2) is 8.04. The molecule has 3 rings (SSSR count). The fourth-order valence-electron chi connectivity index (χ4n) is 2.75. The molecule has 0 radical (unpaired) electrons. The Kier molecular flexibility index (Phi) is 5.78. The van der Waals surface area contributed by atoms with Crippen LogP contribution in [0.5, 0.6) is 0 Å². The lowest BCUT2D eigenvalue weighted by Gasteiger charge is -2.15. The Balaban J connectivity index is 1.92. The van der Waals surface area contributed by atoms with Gasteiger partial charge in [0.2, 0.25) is 0 Å². The number of aryl methyl sites for hydroxylation is 1. The Morgan fingerprint density at radius 2 is 2.00 bits per heavy atom. The number of rotatable bonds is 8. The average molecular weight is 359 g/mol. The van der Waals surface area contributed by atoms with Crippen LogP contribution >= 0.6 is 11.8 Å². The zero-order valence-electron chi connectivity index (χ0n) is 15.1. The van der Waals surface area contributed by atoms with E-state index in [-0.39, 0.29) is 11.2 Å². The highest BCUT2D eigenvalue weighted by molar-refractivity contribution is 8.00. The highest BCUT2D eigenvalue weighted by Crippen LogP contribution is 2.41. The summed E-state index contributed by atoms with van der Waals surface area (Å²) < 4.78 is 7.35. The largest absolute Gasteiger partial charge is 0.465 e. The second-order valence-electron chi connectivity index (χ2n) is 6.43. The third-order valence-electron chi connectivity index (χ3n) is 4.24. The SMILES string of the molecule is CCC[C@@H](Sc1nnc(C2CC2)n1-c1ccc(C)cc1)C(=O)OCC. The quantitative estimate of drug-likeness (QED) is 0.520. The number of benzene rings is 1. The van der Waals surface area contributed by atoms with Crippen molar-refractivity contribution in [1.29, 1.82) is 0 Å². The summed E-state index contributed by atoms with van der Waals surface area (Å²) in [5.41, 5.74) is 2.27. The van der Waals surface area contributed by atoms with Gasteiger partial charge in [-0.1, -0.05) is 42.8 Å². The number of esters is 1. The molecular formula is C19H25N3O2S. The Morgan fingerprint density at radius 3 is 2.60 bits per heavy atom. The summed E-state index contributed by atoms with van der Waals surface area (Å²) in [5.74, 6) is 1.32. The highest BCUT2D eigenvalue weighted by atomic mass is 32.2. The van der Waals surface area contributed by atoms with Crippen LogP contribution in [0.2, 0.25) is 0 Å². The third kappa shape index (κ3) is 4.24. The molecule has 0 spiro atoms. The maximum Gasteiger partial charge on any atom is 0.319 e. The summed E-state index contributed by atoms with van der Waals surface area (Å²) in [7, 11) is 0. The molecule has 1 aliphatic carbocycles. The number of carbonyl (C=O) groups is 1. The van der Waals surface area contributed by atoms with Gasteiger partial charge in [-0.25, -0.2) is 0 Å². The molecule has 1 fully saturated rings. The van der Waals surface area contributed by atoms with Gasteiger partial charge in [0.25, 0.3) is 0 Å². The van der Waals surface area contributed by atoms with E-state index in [9.17, 15) is 4.79 Å². The molecule has 6 heteroatoms. The first-order valence-electron chi connectivity index (χ1n) is 8.99. The van der Waals surface area contributed by atoms with E-state index in [1.807, 2.05) is 6.92 Å². The molecule has 1 aromatic carbocycles. The third-order valence-corrected chi connectivity index (χ3v) is 5.43. The number of hydrogen-bond donors (Lipinski definition) is 0. The van der Waals surface area contributed by atoms with Crippen LogP contribution in [0, 0.1) is 6.92 Å². The minimum absolute atomic E-state index is 0.166. The summed E-state index contributed by atoms with van der Waals surface area (Å²) >= 11 is 1.47. The van der Waals surface area contributed by atoms with E-state index < -0.39 is 0 Å². The van der Waals surface area contributed by atoms with Crippen LogP contribution in [0.1, 0.15) is 56.8 Å². The second-order valence-corrected chi connectivity index (χ2v) is 7.60. The van der Waals surface area contributed by atoms with Crippen molar-refractivity contribution in [2.45, 2.75) is 62.8 Å². The zero-order valence-corrected chi connectivity index (χ0v) is 15.9. The van der Waals surface area contributed by atoms with Gasteiger partial charge in [0.15, 0.2) is 5.16 Å². The van der Waals surface area contributed by atoms with Gasteiger partial charge in [0.1, 0.15) is 11.1 Å². The highest BCUT2D eigenvalue weighted by Gasteiger charge is 2.32. The molecule has 0 N–H and O–H groups in total. The van der Waals surface area contributed by atoms with E-state index >= 15 is 0 Å². The van der Waals surface area contributed by atoms with E-state index in [1.54, 1.807) is 0 Å². The molecular weight excluding hydrogens is 334 g/mol. The van der Waals surface area contributed by atoms with Gasteiger partial charge < -0.3 is 4.74 Å². The number of carbonyl (C=O) groups excluding carboxylic acids is 1. The van der Waals surface area contributed by atoms with Gasteiger partial charge in [-0.2, -0.15) is 0 Å². The summed E-state index contributed by atoms with van der Waals surface area (Å²) in [6.07, 6.45) is 4.00. The lowest BCUT2D eigenvalue weighted by atomic mass is 10.2. The van der Waals surface area contributed by atoms with Gasteiger partial charge >= 0.3 is 5.97 Å². The van der Waals surface area contributed by atoms with E-state index in [1.165, 1.54) is 17.3 Å². The monoisotopic (exact) mass is 359 g/mol. The maximum absolute atomic E-state index is 12.3. The molecule has 1 atom stereocenters. The predicted molar refractivity (Wildman–Crippen MR) is 99.3 cm³/mol. The summed E-state index contributed by atoms with van der Waals surface area (Å²) in [4.78, 5) is 12.3. The number of hydrogen-bond acceptors (Lipinski definition) is 5. The van der Waals surface area contributed by atoms with Crippen molar-refractivity contribution in [2.24, 2.45) is 0 Å². The van der Waals surface area contributed by atoms with Crippen LogP contribution in [0.3, 0.4) is 0 Å². The van der Waals surface area contributed by atoms with E-state index in [0.29, 0.717) is 12.5 Å².